The lowest BCUT2D eigenvalue weighted by Crippen LogP contribution is -2.47. The van der Waals surface area contributed by atoms with Gasteiger partial charge in [-0.25, -0.2) is 0 Å². The zero-order valence-electron chi connectivity index (χ0n) is 9.99. The summed E-state index contributed by atoms with van der Waals surface area (Å²) in [6.07, 6.45) is 3.16. The van der Waals surface area contributed by atoms with Crippen LogP contribution >= 0.6 is 0 Å². The lowest BCUT2D eigenvalue weighted by molar-refractivity contribution is -0.129. The molecule has 1 unspecified atom stereocenters. The Kier molecular flexibility index (Phi) is 4.31. The average molecular weight is 224 g/mol. The third-order valence-corrected chi connectivity index (χ3v) is 3.42. The fourth-order valence-electron chi connectivity index (χ4n) is 2.10. The Labute approximate surface area is 96.6 Å². The lowest BCUT2D eigenvalue weighted by atomic mass is 9.86. The molecule has 0 aromatic carbocycles. The predicted octanol–water partition coefficient (Wildman–Crippen LogP) is 1.20. The second kappa shape index (κ2) is 5.31. The van der Waals surface area contributed by atoms with Crippen LogP contribution in [-0.4, -0.2) is 23.7 Å². The molecule has 0 bridgehead atoms. The molecule has 0 saturated heterocycles. The highest BCUT2D eigenvalue weighted by molar-refractivity contribution is 5.86. The van der Waals surface area contributed by atoms with E-state index >= 15 is 0 Å². The van der Waals surface area contributed by atoms with Crippen molar-refractivity contribution in [3.05, 3.63) is 0 Å². The molecule has 1 fully saturated rings. The van der Waals surface area contributed by atoms with E-state index in [1.54, 1.807) is 0 Å². The van der Waals surface area contributed by atoms with Crippen LogP contribution in [0.25, 0.3) is 0 Å². The molecule has 0 heterocycles. The van der Waals surface area contributed by atoms with Gasteiger partial charge in [0, 0.05) is 0 Å². The zero-order chi connectivity index (χ0) is 12.2. The van der Waals surface area contributed by atoms with Crippen LogP contribution in [0.3, 0.4) is 0 Å². The maximum Gasteiger partial charge on any atom is 0.240 e. The number of aliphatic hydroxyl groups excluding tert-OH is 1. The summed E-state index contributed by atoms with van der Waals surface area (Å²) in [6, 6.07) is 1.90. The first-order valence-electron chi connectivity index (χ1n) is 5.89. The molecule has 1 aliphatic rings. The number of hydrogen-bond acceptors (Lipinski definition) is 3. The number of hydrogen-bond donors (Lipinski definition) is 2. The topological polar surface area (TPSA) is 73.1 Å². The summed E-state index contributed by atoms with van der Waals surface area (Å²) in [6.45, 7) is 3.80. The van der Waals surface area contributed by atoms with Crippen molar-refractivity contribution in [3.8, 4) is 6.07 Å². The molecule has 2 N–H and O–H groups in total. The monoisotopic (exact) mass is 224 g/mol. The summed E-state index contributed by atoms with van der Waals surface area (Å²) in [7, 11) is 0. The number of nitrogens with zero attached hydrogens (tertiary/aromatic N) is 1. The van der Waals surface area contributed by atoms with Crippen LogP contribution in [-0.2, 0) is 4.79 Å². The van der Waals surface area contributed by atoms with Crippen molar-refractivity contribution < 1.29 is 9.90 Å². The molecule has 16 heavy (non-hydrogen) atoms. The van der Waals surface area contributed by atoms with E-state index in [0.29, 0.717) is 12.8 Å². The van der Waals surface area contributed by atoms with Crippen molar-refractivity contribution in [2.24, 2.45) is 11.3 Å². The largest absolute Gasteiger partial charge is 0.394 e. The summed E-state index contributed by atoms with van der Waals surface area (Å²) in [5.74, 6) is -0.0358. The van der Waals surface area contributed by atoms with E-state index < -0.39 is 5.41 Å². The van der Waals surface area contributed by atoms with Gasteiger partial charge in [-0.2, -0.15) is 5.26 Å². The Bertz CT molecular complexity index is 288. The SMILES string of the molecule is CC(C)C(CO)NC(=O)C1(C#N)CCCC1. The third kappa shape index (κ3) is 2.53. The van der Waals surface area contributed by atoms with Crippen LogP contribution in [0.15, 0.2) is 0 Å². The van der Waals surface area contributed by atoms with Gasteiger partial charge in [-0.15, -0.1) is 0 Å². The van der Waals surface area contributed by atoms with Crippen LogP contribution in [0.5, 0.6) is 0 Å². The minimum atomic E-state index is -0.845. The van der Waals surface area contributed by atoms with E-state index in [1.165, 1.54) is 0 Å². The molecule has 1 rings (SSSR count). The van der Waals surface area contributed by atoms with Crippen LogP contribution in [0.1, 0.15) is 39.5 Å². The maximum atomic E-state index is 12.0. The standard InChI is InChI=1S/C12H20N2O2/c1-9(2)10(7-15)14-11(16)12(8-13)5-3-4-6-12/h9-10,15H,3-7H2,1-2H3,(H,14,16). The van der Waals surface area contributed by atoms with E-state index in [-0.39, 0.29) is 24.5 Å². The highest BCUT2D eigenvalue weighted by Crippen LogP contribution is 2.37. The molecule has 4 heteroatoms. The van der Waals surface area contributed by atoms with Gasteiger partial charge >= 0.3 is 0 Å². The maximum absolute atomic E-state index is 12.0. The van der Waals surface area contributed by atoms with E-state index in [4.69, 9.17) is 10.4 Å². The molecule has 0 aromatic heterocycles. The van der Waals surface area contributed by atoms with Crippen LogP contribution in [0.4, 0.5) is 0 Å². The number of rotatable bonds is 4. The number of amides is 1. The predicted molar refractivity (Wildman–Crippen MR) is 60.4 cm³/mol. The Hall–Kier alpha value is -1.08. The van der Waals surface area contributed by atoms with E-state index in [1.807, 2.05) is 13.8 Å². The van der Waals surface area contributed by atoms with Crippen molar-refractivity contribution >= 4 is 5.91 Å². The van der Waals surface area contributed by atoms with E-state index in [9.17, 15) is 4.79 Å². The van der Waals surface area contributed by atoms with E-state index in [2.05, 4.69) is 11.4 Å². The van der Waals surface area contributed by atoms with Crippen molar-refractivity contribution in [1.82, 2.24) is 5.32 Å². The summed E-state index contributed by atoms with van der Waals surface area (Å²) in [5.41, 5.74) is -0.845. The molecule has 4 nitrogen and oxygen atoms in total. The van der Waals surface area contributed by atoms with Crippen LogP contribution < -0.4 is 5.32 Å². The van der Waals surface area contributed by atoms with Gasteiger partial charge in [-0.05, 0) is 18.8 Å². The number of aliphatic hydroxyl groups is 1. The molecule has 1 aliphatic carbocycles. The van der Waals surface area contributed by atoms with Gasteiger partial charge in [0.05, 0.1) is 18.7 Å². The number of nitriles is 1. The molecule has 1 saturated carbocycles. The van der Waals surface area contributed by atoms with E-state index in [0.717, 1.165) is 12.8 Å². The fraction of sp³-hybridized carbons (Fsp3) is 0.833. The number of nitrogens with one attached hydrogen (secondary N) is 1. The van der Waals surface area contributed by atoms with Crippen LogP contribution in [0, 0.1) is 22.7 Å². The highest BCUT2D eigenvalue weighted by atomic mass is 16.3. The van der Waals surface area contributed by atoms with Gasteiger partial charge < -0.3 is 10.4 Å². The zero-order valence-corrected chi connectivity index (χ0v) is 9.99. The van der Waals surface area contributed by atoms with Crippen LogP contribution in [0.2, 0.25) is 0 Å². The van der Waals surface area contributed by atoms with Crippen molar-refractivity contribution in [2.45, 2.75) is 45.6 Å². The summed E-state index contributed by atoms with van der Waals surface area (Å²) < 4.78 is 0. The summed E-state index contributed by atoms with van der Waals surface area (Å²) >= 11 is 0. The van der Waals surface area contributed by atoms with Gasteiger partial charge in [0.25, 0.3) is 0 Å². The molecule has 90 valence electrons. The van der Waals surface area contributed by atoms with Crippen molar-refractivity contribution in [3.63, 3.8) is 0 Å². The Morgan fingerprint density at radius 3 is 2.44 bits per heavy atom. The minimum absolute atomic E-state index is 0.0785. The molecule has 0 aromatic rings. The molecular formula is C12H20N2O2. The highest BCUT2D eigenvalue weighted by Gasteiger charge is 2.42. The lowest BCUT2D eigenvalue weighted by Gasteiger charge is -2.25. The Morgan fingerprint density at radius 1 is 1.50 bits per heavy atom. The van der Waals surface area contributed by atoms with Gasteiger partial charge in [-0.3, -0.25) is 4.79 Å². The van der Waals surface area contributed by atoms with Crippen molar-refractivity contribution in [1.29, 1.82) is 5.26 Å². The first-order chi connectivity index (χ1) is 7.55. The molecule has 1 amide bonds. The molecule has 0 spiro atoms. The quantitative estimate of drug-likeness (QED) is 0.753. The Balaban J connectivity index is 2.67. The van der Waals surface area contributed by atoms with Crippen molar-refractivity contribution in [2.75, 3.05) is 6.61 Å². The smallest absolute Gasteiger partial charge is 0.240 e. The minimum Gasteiger partial charge on any atom is -0.394 e. The first-order valence-corrected chi connectivity index (χ1v) is 5.89. The van der Waals surface area contributed by atoms with Gasteiger partial charge in [0.2, 0.25) is 5.91 Å². The number of carbonyl (C=O) groups is 1. The number of carbonyl (C=O) groups excluding carboxylic acids is 1. The third-order valence-electron chi connectivity index (χ3n) is 3.42. The van der Waals surface area contributed by atoms with Gasteiger partial charge in [0.1, 0.15) is 5.41 Å². The second-order valence-electron chi connectivity index (χ2n) is 4.91. The van der Waals surface area contributed by atoms with Gasteiger partial charge in [-0.1, -0.05) is 26.7 Å². The summed E-state index contributed by atoms with van der Waals surface area (Å²) in [4.78, 5) is 12.0. The normalized spacial score (nSPS) is 20.4. The second-order valence-corrected chi connectivity index (χ2v) is 4.91. The average Bonchev–Trinajstić information content (AvgIpc) is 2.74. The molecule has 0 aliphatic heterocycles. The Morgan fingerprint density at radius 2 is 2.06 bits per heavy atom. The van der Waals surface area contributed by atoms with Gasteiger partial charge in [0.15, 0.2) is 0 Å². The fourth-order valence-corrected chi connectivity index (χ4v) is 2.10. The molecule has 0 radical (unpaired) electrons. The summed E-state index contributed by atoms with van der Waals surface area (Å²) in [5, 5.41) is 21.1. The first kappa shape index (κ1) is 13.0. The molecule has 1 atom stereocenters. The molecular weight excluding hydrogens is 204 g/mol.